The first-order valence-electron chi connectivity index (χ1n) is 10.5. The highest BCUT2D eigenvalue weighted by atomic mass is 35.5. The van der Waals surface area contributed by atoms with E-state index in [-0.39, 0.29) is 30.8 Å². The Kier molecular flexibility index (Phi) is 10.1. The summed E-state index contributed by atoms with van der Waals surface area (Å²) in [6.07, 6.45) is 2.06. The average Bonchev–Trinajstić information content (AvgIpc) is 2.75. The van der Waals surface area contributed by atoms with Gasteiger partial charge in [0.2, 0.25) is 11.8 Å². The highest BCUT2D eigenvalue weighted by molar-refractivity contribution is 6.42. The van der Waals surface area contributed by atoms with Gasteiger partial charge in [-0.15, -0.1) is 0 Å². The van der Waals surface area contributed by atoms with Crippen LogP contribution < -0.4 is 5.32 Å². The fourth-order valence-corrected chi connectivity index (χ4v) is 3.83. The molecule has 7 heteroatoms. The third-order valence-electron chi connectivity index (χ3n) is 5.29. The van der Waals surface area contributed by atoms with Gasteiger partial charge in [0, 0.05) is 24.0 Å². The smallest absolute Gasteiger partial charge is 0.243 e. The first-order valence-corrected chi connectivity index (χ1v) is 11.7. The summed E-state index contributed by atoms with van der Waals surface area (Å²) in [5, 5.41) is 4.50. The first kappa shape index (κ1) is 25.5. The number of nitrogens with zero attached hydrogens (tertiary/aromatic N) is 1. The zero-order valence-electron chi connectivity index (χ0n) is 18.1. The summed E-state index contributed by atoms with van der Waals surface area (Å²) in [5.41, 5.74) is 1.72. The van der Waals surface area contributed by atoms with Gasteiger partial charge in [-0.2, -0.15) is 0 Å². The second-order valence-electron chi connectivity index (χ2n) is 7.60. The molecular formula is C24H29Cl3N2O2. The number of aryl methyl sites for hydroxylation is 1. The molecule has 0 bridgehead atoms. The quantitative estimate of drug-likeness (QED) is 0.431. The standard InChI is InChI=1S/C24H29Cl3N2O2/c1-4-16(3)28-24(31)22(5-2)29(15-17-10-12-20(26)21(27)14-17)23(30)13-11-18-8-6-7-9-19(18)25/h6-10,12,14,16,22H,4-5,11,13,15H2,1-3H3,(H,28,31)/t16-,22-/m1/s1. The van der Waals surface area contributed by atoms with E-state index >= 15 is 0 Å². The monoisotopic (exact) mass is 482 g/mol. The van der Waals surface area contributed by atoms with E-state index in [0.717, 1.165) is 17.5 Å². The summed E-state index contributed by atoms with van der Waals surface area (Å²) in [5.74, 6) is -0.264. The average molecular weight is 484 g/mol. The van der Waals surface area contributed by atoms with Crippen molar-refractivity contribution in [3.05, 3.63) is 68.7 Å². The number of nitrogens with one attached hydrogen (secondary N) is 1. The van der Waals surface area contributed by atoms with E-state index in [1.807, 2.05) is 51.1 Å². The molecule has 2 aromatic carbocycles. The van der Waals surface area contributed by atoms with Gasteiger partial charge in [0.1, 0.15) is 6.04 Å². The summed E-state index contributed by atoms with van der Waals surface area (Å²) in [4.78, 5) is 27.9. The van der Waals surface area contributed by atoms with Crippen molar-refractivity contribution in [3.8, 4) is 0 Å². The van der Waals surface area contributed by atoms with Crippen molar-refractivity contribution in [1.29, 1.82) is 0 Å². The van der Waals surface area contributed by atoms with Gasteiger partial charge < -0.3 is 10.2 Å². The molecule has 0 fully saturated rings. The lowest BCUT2D eigenvalue weighted by Crippen LogP contribution is -2.50. The Hall–Kier alpha value is -1.75. The van der Waals surface area contributed by atoms with Crippen LogP contribution in [-0.4, -0.2) is 28.8 Å². The van der Waals surface area contributed by atoms with Gasteiger partial charge in [0.25, 0.3) is 0 Å². The summed E-state index contributed by atoms with van der Waals surface area (Å²) in [6.45, 7) is 6.13. The van der Waals surface area contributed by atoms with Gasteiger partial charge in [-0.05, 0) is 55.5 Å². The number of halogens is 3. The Morgan fingerprint density at radius 3 is 2.29 bits per heavy atom. The minimum absolute atomic E-state index is 0.0339. The third-order valence-corrected chi connectivity index (χ3v) is 6.40. The predicted molar refractivity (Wildman–Crippen MR) is 129 cm³/mol. The molecule has 2 rings (SSSR count). The van der Waals surface area contributed by atoms with Crippen LogP contribution in [0.2, 0.25) is 15.1 Å². The maximum Gasteiger partial charge on any atom is 0.243 e. The molecule has 0 heterocycles. The molecule has 0 unspecified atom stereocenters. The van der Waals surface area contributed by atoms with Crippen LogP contribution in [0.3, 0.4) is 0 Å². The molecule has 0 saturated carbocycles. The van der Waals surface area contributed by atoms with Gasteiger partial charge in [-0.3, -0.25) is 9.59 Å². The molecule has 0 saturated heterocycles. The Balaban J connectivity index is 2.26. The summed E-state index contributed by atoms with van der Waals surface area (Å²) in [7, 11) is 0. The van der Waals surface area contributed by atoms with Gasteiger partial charge in [-0.1, -0.05) is 72.9 Å². The third kappa shape index (κ3) is 7.41. The van der Waals surface area contributed by atoms with Crippen molar-refractivity contribution in [3.63, 3.8) is 0 Å². The number of carbonyl (C=O) groups is 2. The van der Waals surface area contributed by atoms with Crippen LogP contribution in [-0.2, 0) is 22.6 Å². The lowest BCUT2D eigenvalue weighted by molar-refractivity contribution is -0.141. The SMILES string of the molecule is CC[C@@H](C)NC(=O)[C@@H](CC)N(Cc1ccc(Cl)c(Cl)c1)C(=O)CCc1ccccc1Cl. The first-order chi connectivity index (χ1) is 14.8. The van der Waals surface area contributed by atoms with E-state index in [1.54, 1.807) is 17.0 Å². The molecule has 0 aliphatic heterocycles. The number of hydrogen-bond donors (Lipinski definition) is 1. The van der Waals surface area contributed by atoms with Gasteiger partial charge >= 0.3 is 0 Å². The van der Waals surface area contributed by atoms with Crippen LogP contribution in [0.25, 0.3) is 0 Å². The zero-order chi connectivity index (χ0) is 23.0. The minimum atomic E-state index is -0.581. The van der Waals surface area contributed by atoms with Crippen LogP contribution in [0.4, 0.5) is 0 Å². The molecule has 0 spiro atoms. The molecule has 2 amide bonds. The minimum Gasteiger partial charge on any atom is -0.352 e. The van der Waals surface area contributed by atoms with Crippen LogP contribution in [0.5, 0.6) is 0 Å². The molecule has 1 N–H and O–H groups in total. The van der Waals surface area contributed by atoms with Crippen molar-refractivity contribution >= 4 is 46.6 Å². The van der Waals surface area contributed by atoms with Crippen molar-refractivity contribution < 1.29 is 9.59 Å². The number of amides is 2. The molecule has 2 aromatic rings. The van der Waals surface area contributed by atoms with Gasteiger partial charge in [0.15, 0.2) is 0 Å². The summed E-state index contributed by atoms with van der Waals surface area (Å²) >= 11 is 18.5. The van der Waals surface area contributed by atoms with Crippen molar-refractivity contribution in [2.45, 2.75) is 65.1 Å². The summed E-state index contributed by atoms with van der Waals surface area (Å²) in [6, 6.07) is 12.2. The van der Waals surface area contributed by atoms with E-state index in [2.05, 4.69) is 5.32 Å². The maximum atomic E-state index is 13.3. The Morgan fingerprint density at radius 2 is 1.68 bits per heavy atom. The molecule has 2 atom stereocenters. The number of carbonyl (C=O) groups excluding carboxylic acids is 2. The second kappa shape index (κ2) is 12.3. The molecule has 0 aromatic heterocycles. The van der Waals surface area contributed by atoms with E-state index in [4.69, 9.17) is 34.8 Å². The molecule has 0 radical (unpaired) electrons. The summed E-state index contributed by atoms with van der Waals surface area (Å²) < 4.78 is 0. The Labute approximate surface area is 199 Å². The van der Waals surface area contributed by atoms with Crippen LogP contribution >= 0.6 is 34.8 Å². The number of rotatable bonds is 10. The molecule has 168 valence electrons. The van der Waals surface area contributed by atoms with Gasteiger partial charge in [-0.25, -0.2) is 0 Å². The normalized spacial score (nSPS) is 12.8. The van der Waals surface area contributed by atoms with Crippen LogP contribution in [0.15, 0.2) is 42.5 Å². The van der Waals surface area contributed by atoms with Crippen LogP contribution in [0.1, 0.15) is 51.2 Å². The molecule has 4 nitrogen and oxygen atoms in total. The molecule has 31 heavy (non-hydrogen) atoms. The van der Waals surface area contributed by atoms with E-state index in [1.165, 1.54) is 0 Å². The van der Waals surface area contributed by atoms with Crippen LogP contribution in [0, 0.1) is 0 Å². The predicted octanol–water partition coefficient (Wildman–Crippen LogP) is 6.30. The molecule has 0 aliphatic carbocycles. The molecule has 0 aliphatic rings. The highest BCUT2D eigenvalue weighted by Gasteiger charge is 2.29. The van der Waals surface area contributed by atoms with Crippen molar-refractivity contribution in [2.24, 2.45) is 0 Å². The van der Waals surface area contributed by atoms with Crippen molar-refractivity contribution in [1.82, 2.24) is 10.2 Å². The second-order valence-corrected chi connectivity index (χ2v) is 8.83. The van der Waals surface area contributed by atoms with E-state index in [0.29, 0.717) is 27.9 Å². The maximum absolute atomic E-state index is 13.3. The topological polar surface area (TPSA) is 49.4 Å². The Morgan fingerprint density at radius 1 is 0.968 bits per heavy atom. The number of hydrogen-bond acceptors (Lipinski definition) is 2. The lowest BCUT2D eigenvalue weighted by Gasteiger charge is -2.31. The van der Waals surface area contributed by atoms with E-state index in [9.17, 15) is 9.59 Å². The fourth-order valence-electron chi connectivity index (χ4n) is 3.28. The van der Waals surface area contributed by atoms with E-state index < -0.39 is 6.04 Å². The van der Waals surface area contributed by atoms with Crippen molar-refractivity contribution in [2.75, 3.05) is 0 Å². The molecular weight excluding hydrogens is 455 g/mol. The zero-order valence-corrected chi connectivity index (χ0v) is 20.4. The van der Waals surface area contributed by atoms with Gasteiger partial charge in [0.05, 0.1) is 10.0 Å². The number of benzene rings is 2. The highest BCUT2D eigenvalue weighted by Crippen LogP contribution is 2.25. The largest absolute Gasteiger partial charge is 0.352 e. The Bertz CT molecular complexity index is 904. The fraction of sp³-hybridized carbons (Fsp3) is 0.417. The lowest BCUT2D eigenvalue weighted by atomic mass is 10.1.